The highest BCUT2D eigenvalue weighted by atomic mass is 32.2. The molecule has 0 saturated carbocycles. The van der Waals surface area contributed by atoms with Gasteiger partial charge in [-0.2, -0.15) is 4.72 Å². The number of nitrogens with one attached hydrogen (secondary N) is 2. The molecule has 3 N–H and O–H groups in total. The summed E-state index contributed by atoms with van der Waals surface area (Å²) < 4.78 is 25.4. The molecule has 0 aliphatic rings. The molecule has 1 rings (SSSR count). The van der Waals surface area contributed by atoms with E-state index in [1.807, 2.05) is 0 Å². The molecule has 86 valence electrons. The number of hydrogen-bond donors (Lipinski definition) is 3. The van der Waals surface area contributed by atoms with E-state index in [4.69, 9.17) is 11.5 Å². The van der Waals surface area contributed by atoms with Gasteiger partial charge >= 0.3 is 5.97 Å². The summed E-state index contributed by atoms with van der Waals surface area (Å²) in [7, 11) is -3.77. The minimum Gasteiger partial charge on any atom is -0.477 e. The summed E-state index contributed by atoms with van der Waals surface area (Å²) in [5.74, 6) is 0.973. The maximum absolute atomic E-state index is 11.6. The van der Waals surface area contributed by atoms with E-state index in [9.17, 15) is 13.2 Å². The van der Waals surface area contributed by atoms with Crippen LogP contribution in [-0.2, 0) is 10.0 Å². The molecule has 0 amide bonds. The molecule has 1 aromatic rings. The molecular weight excluding hydrogens is 232 g/mol. The van der Waals surface area contributed by atoms with Crippen molar-refractivity contribution >= 4 is 16.0 Å². The number of carboxylic acids is 1. The predicted octanol–water partition coefficient (Wildman–Crippen LogP) is 0.0129. The average Bonchev–Trinajstić information content (AvgIpc) is 2.66. The summed E-state index contributed by atoms with van der Waals surface area (Å²) in [5.41, 5.74) is -0.200. The number of carboxylic acid groups (broad SMARTS) is 1. The van der Waals surface area contributed by atoms with Crippen molar-refractivity contribution in [1.29, 1.82) is 0 Å². The van der Waals surface area contributed by atoms with Crippen LogP contribution in [-0.4, -0.2) is 30.5 Å². The predicted molar refractivity (Wildman–Crippen MR) is 56.4 cm³/mol. The van der Waals surface area contributed by atoms with Gasteiger partial charge < -0.3 is 10.1 Å². The molecule has 0 radical (unpaired) electrons. The number of aromatic carboxylic acids is 1. The van der Waals surface area contributed by atoms with Crippen LogP contribution in [0.3, 0.4) is 0 Å². The molecule has 1 atom stereocenters. The first-order valence-corrected chi connectivity index (χ1v) is 5.75. The SMILES string of the molecule is C#CC(C)NS(=O)(=O)c1c[nH]c(C(=O)O)c1. The van der Waals surface area contributed by atoms with E-state index in [2.05, 4.69) is 15.6 Å². The average molecular weight is 242 g/mol. The topological polar surface area (TPSA) is 99.3 Å². The van der Waals surface area contributed by atoms with Crippen LogP contribution in [0.1, 0.15) is 17.4 Å². The van der Waals surface area contributed by atoms with Gasteiger partial charge in [-0.25, -0.2) is 13.2 Å². The lowest BCUT2D eigenvalue weighted by atomic mass is 10.4. The minimum absolute atomic E-state index is 0.160. The normalized spacial score (nSPS) is 13.0. The molecule has 1 unspecified atom stereocenters. The standard InChI is InChI=1S/C9H10N2O4S/c1-3-6(2)11-16(14,15)7-4-8(9(12)13)10-5-7/h1,4-6,10-11H,2H3,(H,12,13). The van der Waals surface area contributed by atoms with Gasteiger partial charge in [0.25, 0.3) is 0 Å². The lowest BCUT2D eigenvalue weighted by Crippen LogP contribution is -2.31. The van der Waals surface area contributed by atoms with Crippen molar-refractivity contribution < 1.29 is 18.3 Å². The molecule has 7 heteroatoms. The molecule has 0 aliphatic heterocycles. The Balaban J connectivity index is 3.00. The summed E-state index contributed by atoms with van der Waals surface area (Å²) in [6.45, 7) is 1.50. The van der Waals surface area contributed by atoms with Gasteiger partial charge in [0.1, 0.15) is 10.6 Å². The Bertz CT molecular complexity index is 538. The second-order valence-electron chi connectivity index (χ2n) is 3.06. The van der Waals surface area contributed by atoms with Crippen LogP contribution in [0.2, 0.25) is 0 Å². The zero-order valence-electron chi connectivity index (χ0n) is 8.39. The first-order valence-electron chi connectivity index (χ1n) is 4.27. The molecule has 0 fully saturated rings. The van der Waals surface area contributed by atoms with E-state index in [0.717, 1.165) is 12.3 Å². The molecule has 0 spiro atoms. The zero-order chi connectivity index (χ0) is 12.3. The van der Waals surface area contributed by atoms with Crippen molar-refractivity contribution in [2.75, 3.05) is 0 Å². The van der Waals surface area contributed by atoms with Crippen LogP contribution in [0, 0.1) is 12.3 Å². The molecule has 0 aromatic carbocycles. The van der Waals surface area contributed by atoms with E-state index >= 15 is 0 Å². The molecule has 0 bridgehead atoms. The van der Waals surface area contributed by atoms with Crippen molar-refractivity contribution in [3.8, 4) is 12.3 Å². The number of aromatic amines is 1. The van der Waals surface area contributed by atoms with Crippen LogP contribution in [0.25, 0.3) is 0 Å². The number of terminal acetylenes is 1. The minimum atomic E-state index is -3.77. The Kier molecular flexibility index (Phi) is 3.37. The van der Waals surface area contributed by atoms with Crippen LogP contribution < -0.4 is 4.72 Å². The van der Waals surface area contributed by atoms with Gasteiger partial charge in [0.15, 0.2) is 0 Å². The Morgan fingerprint density at radius 3 is 2.75 bits per heavy atom. The fraction of sp³-hybridized carbons (Fsp3) is 0.222. The first-order chi connectivity index (χ1) is 7.36. The van der Waals surface area contributed by atoms with Gasteiger partial charge in [0.05, 0.1) is 6.04 Å². The monoisotopic (exact) mass is 242 g/mol. The maximum Gasteiger partial charge on any atom is 0.352 e. The van der Waals surface area contributed by atoms with Gasteiger partial charge in [-0.3, -0.25) is 0 Å². The van der Waals surface area contributed by atoms with Gasteiger partial charge in [-0.1, -0.05) is 5.92 Å². The third-order valence-electron chi connectivity index (χ3n) is 1.78. The van der Waals surface area contributed by atoms with Crippen LogP contribution in [0.15, 0.2) is 17.2 Å². The molecule has 0 saturated heterocycles. The summed E-state index contributed by atoms with van der Waals surface area (Å²) >= 11 is 0. The second kappa shape index (κ2) is 4.38. The summed E-state index contributed by atoms with van der Waals surface area (Å²) in [5, 5.41) is 8.61. The zero-order valence-corrected chi connectivity index (χ0v) is 9.21. The number of rotatable bonds is 4. The van der Waals surface area contributed by atoms with E-state index in [1.165, 1.54) is 6.92 Å². The van der Waals surface area contributed by atoms with E-state index in [1.54, 1.807) is 0 Å². The number of carbonyl (C=O) groups is 1. The fourth-order valence-corrected chi connectivity index (χ4v) is 2.14. The third-order valence-corrected chi connectivity index (χ3v) is 3.30. The van der Waals surface area contributed by atoms with Crippen LogP contribution >= 0.6 is 0 Å². The Morgan fingerprint density at radius 1 is 1.69 bits per heavy atom. The molecule has 1 aromatic heterocycles. The van der Waals surface area contributed by atoms with Gasteiger partial charge in [0, 0.05) is 6.20 Å². The summed E-state index contributed by atoms with van der Waals surface area (Å²) in [4.78, 5) is 12.7. The Labute approximate surface area is 92.7 Å². The van der Waals surface area contributed by atoms with E-state index in [0.29, 0.717) is 0 Å². The van der Waals surface area contributed by atoms with Crippen molar-refractivity contribution in [2.24, 2.45) is 0 Å². The molecule has 16 heavy (non-hydrogen) atoms. The van der Waals surface area contributed by atoms with Crippen molar-refractivity contribution in [2.45, 2.75) is 17.9 Å². The third kappa shape index (κ3) is 2.62. The Morgan fingerprint density at radius 2 is 2.31 bits per heavy atom. The highest BCUT2D eigenvalue weighted by Crippen LogP contribution is 2.10. The number of hydrogen-bond acceptors (Lipinski definition) is 3. The second-order valence-corrected chi connectivity index (χ2v) is 4.78. The van der Waals surface area contributed by atoms with Crippen LogP contribution in [0.4, 0.5) is 0 Å². The van der Waals surface area contributed by atoms with Gasteiger partial charge in [-0.05, 0) is 13.0 Å². The molecular formula is C9H10N2O4S. The van der Waals surface area contributed by atoms with Gasteiger partial charge in [0.2, 0.25) is 10.0 Å². The maximum atomic E-state index is 11.6. The number of H-pyrrole nitrogens is 1. The molecule has 0 aliphatic carbocycles. The number of aromatic nitrogens is 1. The van der Waals surface area contributed by atoms with Crippen molar-refractivity contribution in [3.63, 3.8) is 0 Å². The summed E-state index contributed by atoms with van der Waals surface area (Å²) in [6.07, 6.45) is 6.12. The van der Waals surface area contributed by atoms with Crippen molar-refractivity contribution in [3.05, 3.63) is 18.0 Å². The quantitative estimate of drug-likeness (QED) is 0.648. The smallest absolute Gasteiger partial charge is 0.352 e. The van der Waals surface area contributed by atoms with Gasteiger partial charge in [-0.15, -0.1) is 6.42 Å². The highest BCUT2D eigenvalue weighted by Gasteiger charge is 2.19. The van der Waals surface area contributed by atoms with Crippen LogP contribution in [0.5, 0.6) is 0 Å². The first kappa shape index (κ1) is 12.3. The lowest BCUT2D eigenvalue weighted by molar-refractivity contribution is 0.0691. The summed E-state index contributed by atoms with van der Waals surface area (Å²) in [6, 6.07) is 0.363. The highest BCUT2D eigenvalue weighted by molar-refractivity contribution is 7.89. The van der Waals surface area contributed by atoms with Crippen molar-refractivity contribution in [1.82, 2.24) is 9.71 Å². The van der Waals surface area contributed by atoms with E-state index < -0.39 is 22.0 Å². The fourth-order valence-electron chi connectivity index (χ4n) is 0.988. The molecule has 1 heterocycles. The lowest BCUT2D eigenvalue weighted by Gasteiger charge is -2.06. The molecule has 6 nitrogen and oxygen atoms in total. The Hall–Kier alpha value is -1.78. The van der Waals surface area contributed by atoms with E-state index in [-0.39, 0.29) is 10.6 Å². The number of sulfonamides is 1. The largest absolute Gasteiger partial charge is 0.477 e.